The Kier molecular flexibility index (Phi) is 4.61. The first-order chi connectivity index (χ1) is 12.2. The number of piperidine rings is 1. The Morgan fingerprint density at radius 1 is 1.08 bits per heavy atom. The predicted octanol–water partition coefficient (Wildman–Crippen LogP) is 0.545. The number of fused-ring (bicyclic) bond motifs is 1. The number of carbonyl (C=O) groups is 2. The summed E-state index contributed by atoms with van der Waals surface area (Å²) in [5.41, 5.74) is 2.74. The number of hydrogen-bond acceptors (Lipinski definition) is 4. The second-order valence-electron chi connectivity index (χ2n) is 7.00. The van der Waals surface area contributed by atoms with Crippen molar-refractivity contribution in [2.24, 2.45) is 0 Å². The molecule has 8 nitrogen and oxygen atoms in total. The van der Waals surface area contributed by atoms with Crippen molar-refractivity contribution in [3.8, 4) is 0 Å². The van der Waals surface area contributed by atoms with Gasteiger partial charge in [0.2, 0.25) is 0 Å². The highest BCUT2D eigenvalue weighted by Gasteiger charge is 2.29. The zero-order chi connectivity index (χ0) is 17.2. The van der Waals surface area contributed by atoms with Crippen LogP contribution < -0.4 is 5.32 Å². The summed E-state index contributed by atoms with van der Waals surface area (Å²) < 4.78 is 5.30. The molecule has 25 heavy (non-hydrogen) atoms. The summed E-state index contributed by atoms with van der Waals surface area (Å²) in [6.45, 7) is 3.93. The first-order valence-corrected chi connectivity index (χ1v) is 9.21. The minimum absolute atomic E-state index is 0.0858. The third-order valence-electron chi connectivity index (χ3n) is 5.40. The molecule has 0 unspecified atom stereocenters. The van der Waals surface area contributed by atoms with Gasteiger partial charge in [0.1, 0.15) is 0 Å². The van der Waals surface area contributed by atoms with E-state index >= 15 is 0 Å². The maximum Gasteiger partial charge on any atom is 0.320 e. The topological polar surface area (TPSA) is 90.6 Å². The van der Waals surface area contributed by atoms with Crippen LogP contribution in [0, 0.1) is 0 Å². The number of likely N-dealkylation sites (tertiary alicyclic amines) is 1. The number of aromatic nitrogens is 2. The molecule has 0 spiro atoms. The molecule has 2 aliphatic heterocycles. The van der Waals surface area contributed by atoms with Gasteiger partial charge < -0.3 is 19.9 Å². The Hall–Kier alpha value is -2.09. The van der Waals surface area contributed by atoms with Crippen LogP contribution in [0.5, 0.6) is 0 Å². The number of rotatable bonds is 2. The summed E-state index contributed by atoms with van der Waals surface area (Å²) >= 11 is 0. The number of nitrogens with zero attached hydrogens (tertiary/aromatic N) is 3. The quantitative estimate of drug-likeness (QED) is 0.817. The summed E-state index contributed by atoms with van der Waals surface area (Å²) in [4.78, 5) is 28.7. The average molecular weight is 347 g/mol. The summed E-state index contributed by atoms with van der Waals surface area (Å²) in [5.74, 6) is -0.0858. The van der Waals surface area contributed by atoms with Crippen LogP contribution in [0.3, 0.4) is 0 Å². The van der Waals surface area contributed by atoms with Crippen LogP contribution in [-0.4, -0.2) is 77.4 Å². The van der Waals surface area contributed by atoms with Crippen molar-refractivity contribution in [2.45, 2.75) is 38.1 Å². The van der Waals surface area contributed by atoms with Crippen LogP contribution in [0.2, 0.25) is 0 Å². The van der Waals surface area contributed by atoms with Gasteiger partial charge >= 0.3 is 6.03 Å². The lowest BCUT2D eigenvalue weighted by Crippen LogP contribution is -2.52. The van der Waals surface area contributed by atoms with Gasteiger partial charge in [-0.15, -0.1) is 0 Å². The van der Waals surface area contributed by atoms with E-state index in [1.165, 1.54) is 0 Å². The number of amides is 3. The summed E-state index contributed by atoms with van der Waals surface area (Å²) in [6, 6.07) is 0.202. The lowest BCUT2D eigenvalue weighted by atomic mass is 10.0. The van der Waals surface area contributed by atoms with Crippen molar-refractivity contribution < 1.29 is 14.3 Å². The summed E-state index contributed by atoms with van der Waals surface area (Å²) in [5, 5.41) is 10.3. The number of nitrogens with one attached hydrogen (secondary N) is 2. The van der Waals surface area contributed by atoms with E-state index < -0.39 is 0 Å². The van der Waals surface area contributed by atoms with Gasteiger partial charge in [0.25, 0.3) is 5.91 Å². The highest BCUT2D eigenvalue weighted by molar-refractivity contribution is 5.94. The molecule has 0 bridgehead atoms. The van der Waals surface area contributed by atoms with E-state index in [9.17, 15) is 9.59 Å². The highest BCUT2D eigenvalue weighted by Crippen LogP contribution is 2.23. The number of aryl methyl sites for hydroxylation is 1. The van der Waals surface area contributed by atoms with Gasteiger partial charge in [0.05, 0.1) is 13.2 Å². The van der Waals surface area contributed by atoms with E-state index in [1.807, 2.05) is 9.80 Å². The number of carbonyl (C=O) groups excluding carboxylic acids is 2. The molecule has 1 aliphatic carbocycles. The lowest BCUT2D eigenvalue weighted by molar-refractivity contribution is 0.0407. The van der Waals surface area contributed by atoms with Crippen molar-refractivity contribution >= 4 is 11.9 Å². The van der Waals surface area contributed by atoms with Crippen LogP contribution in [0.15, 0.2) is 0 Å². The molecule has 136 valence electrons. The Balaban J connectivity index is 1.28. The van der Waals surface area contributed by atoms with Crippen molar-refractivity contribution in [1.29, 1.82) is 0 Å². The normalized spacial score (nSPS) is 21.3. The van der Waals surface area contributed by atoms with Crippen molar-refractivity contribution in [2.75, 3.05) is 39.4 Å². The first kappa shape index (κ1) is 16.4. The fourth-order valence-corrected chi connectivity index (χ4v) is 3.93. The molecule has 1 aromatic heterocycles. The molecule has 2 N–H and O–H groups in total. The van der Waals surface area contributed by atoms with Crippen LogP contribution in [0.25, 0.3) is 0 Å². The fraction of sp³-hybridized carbons (Fsp3) is 0.706. The van der Waals surface area contributed by atoms with Crippen LogP contribution >= 0.6 is 0 Å². The molecule has 4 rings (SSSR count). The molecule has 8 heteroatoms. The van der Waals surface area contributed by atoms with E-state index in [0.29, 0.717) is 45.1 Å². The molecule has 0 aromatic carbocycles. The smallest absolute Gasteiger partial charge is 0.320 e. The minimum Gasteiger partial charge on any atom is -0.378 e. The van der Waals surface area contributed by atoms with E-state index in [2.05, 4.69) is 15.5 Å². The third kappa shape index (κ3) is 3.35. The van der Waals surface area contributed by atoms with Gasteiger partial charge in [-0.3, -0.25) is 9.89 Å². The highest BCUT2D eigenvalue weighted by atomic mass is 16.5. The zero-order valence-electron chi connectivity index (χ0n) is 14.4. The molecule has 0 radical (unpaired) electrons. The van der Waals surface area contributed by atoms with Crippen molar-refractivity contribution in [3.63, 3.8) is 0 Å². The van der Waals surface area contributed by atoms with Gasteiger partial charge in [-0.05, 0) is 32.1 Å². The monoisotopic (exact) mass is 347 g/mol. The second-order valence-corrected chi connectivity index (χ2v) is 7.00. The number of morpholine rings is 1. The maximum atomic E-state index is 12.5. The largest absolute Gasteiger partial charge is 0.378 e. The third-order valence-corrected chi connectivity index (χ3v) is 5.40. The number of hydrogen-bond donors (Lipinski definition) is 2. The number of H-pyrrole nitrogens is 1. The van der Waals surface area contributed by atoms with E-state index in [4.69, 9.17) is 4.74 Å². The number of aromatic amines is 1. The molecule has 0 saturated carbocycles. The van der Waals surface area contributed by atoms with Gasteiger partial charge in [-0.1, -0.05) is 0 Å². The Bertz CT molecular complexity index is 645. The van der Waals surface area contributed by atoms with Gasteiger partial charge in [0, 0.05) is 43.5 Å². The number of urea groups is 1. The van der Waals surface area contributed by atoms with Crippen LogP contribution in [0.1, 0.15) is 41.0 Å². The molecule has 2 saturated heterocycles. The molecule has 3 amide bonds. The van der Waals surface area contributed by atoms with Gasteiger partial charge in [0.15, 0.2) is 5.69 Å². The predicted molar refractivity (Wildman–Crippen MR) is 90.5 cm³/mol. The Morgan fingerprint density at radius 3 is 2.56 bits per heavy atom. The van der Waals surface area contributed by atoms with Crippen molar-refractivity contribution in [3.05, 3.63) is 17.0 Å². The Morgan fingerprint density at radius 2 is 1.80 bits per heavy atom. The summed E-state index contributed by atoms with van der Waals surface area (Å²) in [6.07, 6.45) is 4.58. The van der Waals surface area contributed by atoms with Gasteiger partial charge in [-0.25, -0.2) is 4.79 Å². The van der Waals surface area contributed by atoms with Crippen LogP contribution in [0.4, 0.5) is 4.79 Å². The molecule has 2 fully saturated rings. The molecule has 0 atom stereocenters. The SMILES string of the molecule is O=C(NC1CCN(C(=O)N2CCOCC2)CC1)c1n[nH]c2c1CCC2. The minimum atomic E-state index is -0.0858. The Labute approximate surface area is 146 Å². The fourth-order valence-electron chi connectivity index (χ4n) is 3.93. The van der Waals surface area contributed by atoms with E-state index in [1.54, 1.807) is 0 Å². The van der Waals surface area contributed by atoms with Crippen molar-refractivity contribution in [1.82, 2.24) is 25.3 Å². The summed E-state index contributed by atoms with van der Waals surface area (Å²) in [7, 11) is 0. The molecular formula is C17H25N5O3. The van der Waals surface area contributed by atoms with E-state index in [0.717, 1.165) is 43.4 Å². The maximum absolute atomic E-state index is 12.5. The lowest BCUT2D eigenvalue weighted by Gasteiger charge is -2.37. The zero-order valence-corrected chi connectivity index (χ0v) is 14.4. The van der Waals surface area contributed by atoms with Gasteiger partial charge in [-0.2, -0.15) is 5.10 Å². The average Bonchev–Trinajstić information content (AvgIpc) is 3.26. The first-order valence-electron chi connectivity index (χ1n) is 9.21. The molecule has 3 aliphatic rings. The molecule has 1 aromatic rings. The molecule has 3 heterocycles. The van der Waals surface area contributed by atoms with Crippen LogP contribution in [-0.2, 0) is 17.6 Å². The van der Waals surface area contributed by atoms with E-state index in [-0.39, 0.29) is 18.0 Å². The molecular weight excluding hydrogens is 322 g/mol. The second kappa shape index (κ2) is 7.03. The standard InChI is InChI=1S/C17H25N5O3/c23-16(15-13-2-1-3-14(13)19-20-15)18-12-4-6-21(7-5-12)17(24)22-8-10-25-11-9-22/h12H,1-11H2,(H,18,23)(H,19,20). The number of ether oxygens (including phenoxy) is 1.